The Kier molecular flexibility index (Phi) is 6.79. The van der Waals surface area contributed by atoms with Crippen molar-refractivity contribution >= 4 is 17.5 Å². The molecule has 3 heterocycles. The molecule has 0 aliphatic carbocycles. The van der Waals surface area contributed by atoms with Crippen molar-refractivity contribution in [1.29, 1.82) is 0 Å². The highest BCUT2D eigenvalue weighted by molar-refractivity contribution is 5.93. The molecule has 2 amide bonds. The summed E-state index contributed by atoms with van der Waals surface area (Å²) in [6.07, 6.45) is 5.78. The van der Waals surface area contributed by atoms with Gasteiger partial charge in [-0.3, -0.25) is 14.6 Å². The second kappa shape index (κ2) is 9.89. The Morgan fingerprint density at radius 3 is 2.68 bits per heavy atom. The Labute approximate surface area is 182 Å². The zero-order valence-corrected chi connectivity index (χ0v) is 17.7. The third kappa shape index (κ3) is 5.21. The van der Waals surface area contributed by atoms with Crippen LogP contribution >= 0.6 is 0 Å². The van der Waals surface area contributed by atoms with Gasteiger partial charge < -0.3 is 15.0 Å². The van der Waals surface area contributed by atoms with Gasteiger partial charge in [-0.05, 0) is 68.1 Å². The van der Waals surface area contributed by atoms with Crippen LogP contribution in [0.2, 0.25) is 0 Å². The first-order chi connectivity index (χ1) is 15.1. The minimum absolute atomic E-state index is 0.0441. The first-order valence-corrected chi connectivity index (χ1v) is 10.9. The number of carbonyl (C=O) groups excluding carboxylic acids is 2. The number of benzene rings is 1. The molecule has 3 unspecified atom stereocenters. The van der Waals surface area contributed by atoms with Gasteiger partial charge in [0.1, 0.15) is 11.8 Å². The van der Waals surface area contributed by atoms with E-state index in [1.807, 2.05) is 48.2 Å². The van der Waals surface area contributed by atoms with Crippen LogP contribution in [0.25, 0.3) is 0 Å². The maximum absolute atomic E-state index is 13.1. The fourth-order valence-corrected chi connectivity index (χ4v) is 4.19. The highest BCUT2D eigenvalue weighted by Crippen LogP contribution is 2.25. The van der Waals surface area contributed by atoms with Crippen molar-refractivity contribution in [3.63, 3.8) is 0 Å². The number of amides is 2. The fraction of sp³-hybridized carbons (Fsp3) is 0.435. The van der Waals surface area contributed by atoms with Crippen LogP contribution in [-0.4, -0.2) is 47.4 Å². The molecule has 1 aromatic heterocycles. The number of nitrogens with one attached hydrogen (secondary N) is 3. The first kappa shape index (κ1) is 21.3. The molecule has 2 fully saturated rings. The number of hydrogen-bond acceptors (Lipinski definition) is 6. The molecule has 164 valence electrons. The summed E-state index contributed by atoms with van der Waals surface area (Å²) in [7, 11) is 0. The van der Waals surface area contributed by atoms with Gasteiger partial charge in [-0.15, -0.1) is 0 Å². The predicted molar refractivity (Wildman–Crippen MR) is 117 cm³/mol. The van der Waals surface area contributed by atoms with Gasteiger partial charge in [0.05, 0.1) is 12.5 Å². The van der Waals surface area contributed by atoms with Crippen LogP contribution in [0.1, 0.15) is 37.8 Å². The molecule has 0 radical (unpaired) electrons. The molecule has 0 spiro atoms. The molecule has 8 nitrogen and oxygen atoms in total. The summed E-state index contributed by atoms with van der Waals surface area (Å²) in [5, 5.41) is 2.97. The van der Waals surface area contributed by atoms with Gasteiger partial charge in [0.15, 0.2) is 0 Å². The van der Waals surface area contributed by atoms with E-state index in [9.17, 15) is 9.59 Å². The van der Waals surface area contributed by atoms with E-state index in [1.165, 1.54) is 0 Å². The Hall–Kier alpha value is -2.97. The van der Waals surface area contributed by atoms with Gasteiger partial charge in [0.2, 0.25) is 11.8 Å². The van der Waals surface area contributed by atoms with Crippen LogP contribution in [-0.2, 0) is 9.59 Å². The highest BCUT2D eigenvalue weighted by atomic mass is 16.5. The number of aromatic nitrogens is 1. The lowest BCUT2D eigenvalue weighted by Crippen LogP contribution is -2.50. The maximum Gasteiger partial charge on any atom is 0.241 e. The van der Waals surface area contributed by atoms with Crippen LogP contribution in [0, 0.1) is 5.92 Å². The average Bonchev–Trinajstić information content (AvgIpc) is 3.31. The summed E-state index contributed by atoms with van der Waals surface area (Å²) in [5.41, 5.74) is 8.17. The topological polar surface area (TPSA) is 95.6 Å². The molecule has 8 heteroatoms. The SMILES string of the molecule is CCOc1ccc(NC(=O)C2CCCN(C(=O)C3CC(c4ccncc4)NN3)C2)cc1. The molecule has 4 rings (SSSR count). The van der Waals surface area contributed by atoms with Crippen molar-refractivity contribution in [1.82, 2.24) is 20.7 Å². The number of nitrogens with zero attached hydrogens (tertiary/aromatic N) is 2. The third-order valence-corrected chi connectivity index (χ3v) is 5.85. The molecule has 3 N–H and O–H groups in total. The van der Waals surface area contributed by atoms with E-state index < -0.39 is 0 Å². The molecule has 2 aliphatic heterocycles. The number of pyridine rings is 1. The minimum Gasteiger partial charge on any atom is -0.494 e. The van der Waals surface area contributed by atoms with E-state index in [0.29, 0.717) is 26.1 Å². The summed E-state index contributed by atoms with van der Waals surface area (Å²) in [4.78, 5) is 31.7. The lowest BCUT2D eigenvalue weighted by atomic mass is 9.95. The average molecular weight is 424 g/mol. The summed E-state index contributed by atoms with van der Waals surface area (Å²) in [6.45, 7) is 3.66. The van der Waals surface area contributed by atoms with E-state index in [0.717, 1.165) is 29.8 Å². The smallest absolute Gasteiger partial charge is 0.241 e. The van der Waals surface area contributed by atoms with Gasteiger partial charge in [-0.2, -0.15) is 0 Å². The van der Waals surface area contributed by atoms with Crippen molar-refractivity contribution in [2.75, 3.05) is 25.0 Å². The van der Waals surface area contributed by atoms with Crippen molar-refractivity contribution in [3.05, 3.63) is 54.4 Å². The number of hydrazine groups is 1. The van der Waals surface area contributed by atoms with E-state index in [2.05, 4.69) is 21.2 Å². The zero-order valence-electron chi connectivity index (χ0n) is 17.7. The van der Waals surface area contributed by atoms with Crippen LogP contribution in [0.4, 0.5) is 5.69 Å². The number of anilines is 1. The molecule has 1 aromatic carbocycles. The summed E-state index contributed by atoms with van der Waals surface area (Å²) in [5.74, 6) is 0.559. The van der Waals surface area contributed by atoms with Gasteiger partial charge in [0, 0.05) is 37.2 Å². The van der Waals surface area contributed by atoms with Crippen LogP contribution in [0.3, 0.4) is 0 Å². The van der Waals surface area contributed by atoms with Crippen LogP contribution < -0.4 is 20.9 Å². The van der Waals surface area contributed by atoms with E-state index in [1.54, 1.807) is 12.4 Å². The normalized spacial score (nSPS) is 23.4. The standard InChI is InChI=1S/C23H29N5O3/c1-2-31-19-7-5-18(6-8-19)25-22(29)17-4-3-13-28(15-17)23(30)21-14-20(26-27-21)16-9-11-24-12-10-16/h5-12,17,20-21,26-27H,2-4,13-15H2,1H3,(H,25,29). The molecule has 2 aliphatic rings. The second-order valence-electron chi connectivity index (χ2n) is 7.98. The first-order valence-electron chi connectivity index (χ1n) is 10.9. The van der Waals surface area contributed by atoms with E-state index in [-0.39, 0.29) is 29.8 Å². The number of ether oxygens (including phenoxy) is 1. The monoisotopic (exact) mass is 423 g/mol. The van der Waals surface area contributed by atoms with Gasteiger partial charge in [-0.1, -0.05) is 0 Å². The second-order valence-corrected chi connectivity index (χ2v) is 7.98. The zero-order chi connectivity index (χ0) is 21.6. The predicted octanol–water partition coefficient (Wildman–Crippen LogP) is 2.27. The number of likely N-dealkylation sites (tertiary alicyclic amines) is 1. The fourth-order valence-electron chi connectivity index (χ4n) is 4.19. The lowest BCUT2D eigenvalue weighted by molar-refractivity contribution is -0.136. The van der Waals surface area contributed by atoms with Crippen molar-refractivity contribution in [2.45, 2.75) is 38.3 Å². The van der Waals surface area contributed by atoms with Crippen molar-refractivity contribution in [3.8, 4) is 5.75 Å². The van der Waals surface area contributed by atoms with Crippen LogP contribution in [0.15, 0.2) is 48.8 Å². The number of piperidine rings is 1. The maximum atomic E-state index is 13.1. The molecular weight excluding hydrogens is 394 g/mol. The molecule has 0 bridgehead atoms. The Morgan fingerprint density at radius 2 is 1.94 bits per heavy atom. The van der Waals surface area contributed by atoms with Crippen molar-refractivity contribution < 1.29 is 14.3 Å². The Balaban J connectivity index is 1.31. The molecule has 31 heavy (non-hydrogen) atoms. The summed E-state index contributed by atoms with van der Waals surface area (Å²) in [6, 6.07) is 11.0. The molecule has 0 saturated carbocycles. The number of hydrogen-bond donors (Lipinski definition) is 3. The van der Waals surface area contributed by atoms with Crippen LogP contribution in [0.5, 0.6) is 5.75 Å². The lowest BCUT2D eigenvalue weighted by Gasteiger charge is -2.33. The number of rotatable bonds is 6. The molecular formula is C23H29N5O3. The van der Waals surface area contributed by atoms with Gasteiger partial charge >= 0.3 is 0 Å². The Morgan fingerprint density at radius 1 is 1.16 bits per heavy atom. The Bertz CT molecular complexity index is 890. The molecule has 3 atom stereocenters. The number of carbonyl (C=O) groups is 2. The van der Waals surface area contributed by atoms with Crippen molar-refractivity contribution in [2.24, 2.45) is 5.92 Å². The quantitative estimate of drug-likeness (QED) is 0.660. The van der Waals surface area contributed by atoms with Gasteiger partial charge in [0.25, 0.3) is 0 Å². The third-order valence-electron chi connectivity index (χ3n) is 5.85. The van der Waals surface area contributed by atoms with Gasteiger partial charge in [-0.25, -0.2) is 10.9 Å². The minimum atomic E-state index is -0.300. The summed E-state index contributed by atoms with van der Waals surface area (Å²) >= 11 is 0. The largest absolute Gasteiger partial charge is 0.494 e. The van der Waals surface area contributed by atoms with E-state index in [4.69, 9.17) is 4.74 Å². The molecule has 2 saturated heterocycles. The highest BCUT2D eigenvalue weighted by Gasteiger charge is 2.36. The molecule has 2 aromatic rings. The summed E-state index contributed by atoms with van der Waals surface area (Å²) < 4.78 is 5.44. The van der Waals surface area contributed by atoms with E-state index >= 15 is 0 Å².